The minimum absolute atomic E-state index is 0.248. The predicted octanol–water partition coefficient (Wildman–Crippen LogP) is 4.47. The average Bonchev–Trinajstić information content (AvgIpc) is 3.47. The number of benzene rings is 1. The van der Waals surface area contributed by atoms with Crippen LogP contribution >= 0.6 is 0 Å². The van der Waals surface area contributed by atoms with Gasteiger partial charge in [-0.1, -0.05) is 12.1 Å². The molecule has 0 aliphatic carbocycles. The van der Waals surface area contributed by atoms with Crippen LogP contribution in [-0.2, 0) is 12.1 Å². The van der Waals surface area contributed by atoms with E-state index >= 15 is 0 Å². The van der Waals surface area contributed by atoms with Crippen molar-refractivity contribution in [3.63, 3.8) is 0 Å². The third kappa shape index (κ3) is 4.36. The van der Waals surface area contributed by atoms with Gasteiger partial charge in [0, 0.05) is 41.5 Å². The molecule has 5 heterocycles. The zero-order chi connectivity index (χ0) is 27.1. The molecule has 10 heteroatoms. The summed E-state index contributed by atoms with van der Waals surface area (Å²) in [5.74, 6) is 0.783. The Morgan fingerprint density at radius 2 is 1.90 bits per heavy atom. The number of rotatable bonds is 7. The van der Waals surface area contributed by atoms with Crippen LogP contribution in [0.4, 0.5) is 11.6 Å². The molecule has 6 aromatic rings. The highest BCUT2D eigenvalue weighted by Crippen LogP contribution is 2.26. The summed E-state index contributed by atoms with van der Waals surface area (Å²) in [5, 5.41) is 15.2. The molecule has 0 amide bonds. The van der Waals surface area contributed by atoms with Gasteiger partial charge in [0.25, 0.3) is 5.56 Å². The van der Waals surface area contributed by atoms with Crippen LogP contribution in [0.5, 0.6) is 0 Å². The lowest BCUT2D eigenvalue weighted by Crippen LogP contribution is -2.23. The number of aliphatic hydroxyl groups is 1. The zero-order valence-corrected chi connectivity index (χ0v) is 21.5. The van der Waals surface area contributed by atoms with E-state index in [1.807, 2.05) is 42.6 Å². The van der Waals surface area contributed by atoms with Crippen LogP contribution in [0.15, 0.2) is 96.8 Å². The zero-order valence-electron chi connectivity index (χ0n) is 21.5. The van der Waals surface area contributed by atoms with Crippen molar-refractivity contribution >= 4 is 33.6 Å². The lowest BCUT2D eigenvalue weighted by molar-refractivity contribution is 0.0738. The minimum atomic E-state index is -1.15. The number of hydrogen-bond donors (Lipinski definition) is 2. The second-order valence-corrected chi connectivity index (χ2v) is 9.65. The first-order valence-corrected chi connectivity index (χ1v) is 12.4. The second-order valence-electron chi connectivity index (χ2n) is 9.65. The van der Waals surface area contributed by atoms with Crippen molar-refractivity contribution in [2.75, 3.05) is 5.32 Å². The van der Waals surface area contributed by atoms with Crippen LogP contribution in [0.2, 0.25) is 0 Å². The van der Waals surface area contributed by atoms with Gasteiger partial charge in [0.05, 0.1) is 17.8 Å². The molecule has 0 saturated heterocycles. The number of nitrogens with one attached hydrogen (secondary N) is 1. The molecule has 194 valence electrons. The van der Waals surface area contributed by atoms with Gasteiger partial charge in [-0.2, -0.15) is 4.98 Å². The maximum absolute atomic E-state index is 13.2. The highest BCUT2D eigenvalue weighted by atomic mass is 16.3. The van der Waals surface area contributed by atoms with Crippen molar-refractivity contribution in [3.05, 3.63) is 108 Å². The Bertz CT molecular complexity index is 1890. The monoisotopic (exact) mass is 518 g/mol. The average molecular weight is 519 g/mol. The first kappa shape index (κ1) is 24.3. The molecule has 0 atom stereocenters. The molecule has 0 saturated carbocycles. The smallest absolute Gasteiger partial charge is 0.278 e. The third-order valence-corrected chi connectivity index (χ3v) is 6.44. The van der Waals surface area contributed by atoms with E-state index in [0.717, 1.165) is 22.3 Å². The van der Waals surface area contributed by atoms with E-state index in [2.05, 4.69) is 31.4 Å². The molecular formula is C29H26N8O2. The summed E-state index contributed by atoms with van der Waals surface area (Å²) in [5.41, 5.74) is 2.33. The van der Waals surface area contributed by atoms with Crippen LogP contribution in [0, 0.1) is 0 Å². The Kier molecular flexibility index (Phi) is 5.81. The van der Waals surface area contributed by atoms with E-state index in [1.165, 1.54) is 10.9 Å². The van der Waals surface area contributed by atoms with Crippen molar-refractivity contribution in [1.29, 1.82) is 0 Å². The molecule has 39 heavy (non-hydrogen) atoms. The first-order valence-electron chi connectivity index (χ1n) is 12.4. The van der Waals surface area contributed by atoms with Crippen LogP contribution < -0.4 is 10.9 Å². The fourth-order valence-corrected chi connectivity index (χ4v) is 4.57. The van der Waals surface area contributed by atoms with Gasteiger partial charge in [-0.05, 0) is 62.4 Å². The van der Waals surface area contributed by atoms with Gasteiger partial charge in [0.1, 0.15) is 11.0 Å². The molecule has 1 aromatic carbocycles. The highest BCUT2D eigenvalue weighted by Gasteiger charge is 2.21. The summed E-state index contributed by atoms with van der Waals surface area (Å²) in [6, 6.07) is 17.3. The summed E-state index contributed by atoms with van der Waals surface area (Å²) in [6.45, 7) is 7.36. The van der Waals surface area contributed by atoms with Gasteiger partial charge in [0.2, 0.25) is 5.95 Å². The highest BCUT2D eigenvalue weighted by molar-refractivity contribution is 5.86. The summed E-state index contributed by atoms with van der Waals surface area (Å²) >= 11 is 0. The number of fused-ring (bicyclic) bond motifs is 2. The van der Waals surface area contributed by atoms with E-state index < -0.39 is 5.60 Å². The fourth-order valence-electron chi connectivity index (χ4n) is 4.57. The molecule has 0 spiro atoms. The lowest BCUT2D eigenvalue weighted by Gasteiger charge is -2.18. The Morgan fingerprint density at radius 1 is 1.08 bits per heavy atom. The van der Waals surface area contributed by atoms with Gasteiger partial charge in [0.15, 0.2) is 11.5 Å². The van der Waals surface area contributed by atoms with Crippen molar-refractivity contribution < 1.29 is 5.11 Å². The number of hydrogen-bond acceptors (Lipinski definition) is 7. The van der Waals surface area contributed by atoms with Crippen LogP contribution in [-0.4, -0.2) is 39.0 Å². The van der Waals surface area contributed by atoms with E-state index in [9.17, 15) is 9.90 Å². The summed E-state index contributed by atoms with van der Waals surface area (Å²) in [4.78, 5) is 31.1. The Labute approximate surface area is 223 Å². The molecule has 0 radical (unpaired) electrons. The standard InChI is InChI=1S/C29H26N8O2/c1-4-15-36-27(38)22-18-31-28(34-26(22)37(36)25-7-5-6-24(33-25)29(2,3)39)32-20-8-9-23-19(17-20)12-16-35(23)21-10-13-30-14-11-21/h4-14,16-18,39H,1,15H2,2-3H3,(H,31,32,34). The summed E-state index contributed by atoms with van der Waals surface area (Å²) in [7, 11) is 0. The van der Waals surface area contributed by atoms with Crippen molar-refractivity contribution in [2.24, 2.45) is 0 Å². The Hall–Kier alpha value is -5.09. The van der Waals surface area contributed by atoms with Crippen LogP contribution in [0.25, 0.3) is 33.4 Å². The van der Waals surface area contributed by atoms with Gasteiger partial charge in [-0.3, -0.25) is 9.78 Å². The fraction of sp³-hybridized carbons (Fsp3) is 0.138. The van der Waals surface area contributed by atoms with E-state index in [1.54, 1.807) is 55.2 Å². The van der Waals surface area contributed by atoms with E-state index in [4.69, 9.17) is 4.98 Å². The van der Waals surface area contributed by atoms with Gasteiger partial charge in [-0.15, -0.1) is 6.58 Å². The maximum atomic E-state index is 13.2. The topological polar surface area (TPSA) is 116 Å². The minimum Gasteiger partial charge on any atom is -0.384 e. The molecule has 2 N–H and O–H groups in total. The maximum Gasteiger partial charge on any atom is 0.278 e. The third-order valence-electron chi connectivity index (χ3n) is 6.44. The molecule has 0 fully saturated rings. The Morgan fingerprint density at radius 3 is 2.67 bits per heavy atom. The van der Waals surface area contributed by atoms with E-state index in [-0.39, 0.29) is 12.1 Å². The molecule has 0 unspecified atom stereocenters. The SMILES string of the molecule is C=CCn1c(=O)c2cnc(Nc3ccc4c(ccn4-c4ccncc4)c3)nc2n1-c1cccc(C(C)(C)O)n1. The predicted molar refractivity (Wildman–Crippen MR) is 151 cm³/mol. The first-order chi connectivity index (χ1) is 18.8. The van der Waals surface area contributed by atoms with Crippen molar-refractivity contribution in [3.8, 4) is 11.5 Å². The van der Waals surface area contributed by atoms with Crippen LogP contribution in [0.1, 0.15) is 19.5 Å². The van der Waals surface area contributed by atoms with Crippen molar-refractivity contribution in [2.45, 2.75) is 26.0 Å². The van der Waals surface area contributed by atoms with Gasteiger partial charge in [-0.25, -0.2) is 19.3 Å². The Balaban J connectivity index is 1.42. The number of anilines is 2. The number of nitrogens with zero attached hydrogens (tertiary/aromatic N) is 7. The lowest BCUT2D eigenvalue weighted by atomic mass is 10.1. The van der Waals surface area contributed by atoms with Gasteiger partial charge >= 0.3 is 0 Å². The number of allylic oxidation sites excluding steroid dienone is 1. The summed E-state index contributed by atoms with van der Waals surface area (Å²) < 4.78 is 5.24. The molecule has 0 bridgehead atoms. The molecule has 10 nitrogen and oxygen atoms in total. The number of pyridine rings is 2. The quantitative estimate of drug-likeness (QED) is 0.300. The molecular weight excluding hydrogens is 492 g/mol. The van der Waals surface area contributed by atoms with E-state index in [0.29, 0.717) is 28.5 Å². The molecule has 0 aliphatic heterocycles. The second kappa shape index (κ2) is 9.34. The van der Waals surface area contributed by atoms with Gasteiger partial charge < -0.3 is 15.0 Å². The molecule has 5 aromatic heterocycles. The normalized spacial score (nSPS) is 11.8. The van der Waals surface area contributed by atoms with Crippen LogP contribution in [0.3, 0.4) is 0 Å². The molecule has 6 rings (SSSR count). The summed E-state index contributed by atoms with van der Waals surface area (Å²) in [6.07, 6.45) is 8.70. The molecule has 0 aliphatic rings. The number of aromatic nitrogens is 7. The largest absolute Gasteiger partial charge is 0.384 e. The van der Waals surface area contributed by atoms with Crippen molar-refractivity contribution in [1.82, 2.24) is 33.9 Å².